The van der Waals surface area contributed by atoms with E-state index in [4.69, 9.17) is 0 Å². The Hall–Kier alpha value is -0.570. The first-order chi connectivity index (χ1) is 8.13. The van der Waals surface area contributed by atoms with Gasteiger partial charge in [0, 0.05) is 12.1 Å². The molecule has 3 heteroatoms. The summed E-state index contributed by atoms with van der Waals surface area (Å²) in [5, 5.41) is 6.36. The van der Waals surface area contributed by atoms with Crippen LogP contribution in [-0.2, 0) is 4.79 Å². The van der Waals surface area contributed by atoms with Crippen LogP contribution in [0.4, 0.5) is 0 Å². The van der Waals surface area contributed by atoms with Crippen LogP contribution in [0.2, 0.25) is 0 Å². The van der Waals surface area contributed by atoms with Gasteiger partial charge in [-0.2, -0.15) is 0 Å². The molecular formula is C14H28N2O. The first-order valence-corrected chi connectivity index (χ1v) is 7.16. The molecule has 1 fully saturated rings. The van der Waals surface area contributed by atoms with Gasteiger partial charge in [0.25, 0.3) is 0 Å². The van der Waals surface area contributed by atoms with Crippen LogP contribution in [-0.4, -0.2) is 24.5 Å². The lowest BCUT2D eigenvalue weighted by atomic mass is 9.84. The van der Waals surface area contributed by atoms with E-state index in [0.717, 1.165) is 12.3 Å². The van der Waals surface area contributed by atoms with Gasteiger partial charge in [0.1, 0.15) is 0 Å². The smallest absolute Gasteiger partial charge is 0.234 e. The van der Waals surface area contributed by atoms with Gasteiger partial charge < -0.3 is 10.6 Å². The molecule has 1 saturated carbocycles. The molecule has 0 bridgehead atoms. The Morgan fingerprint density at radius 1 is 1.24 bits per heavy atom. The second-order valence-corrected chi connectivity index (χ2v) is 5.44. The fourth-order valence-electron chi connectivity index (χ4n) is 2.48. The number of carbonyl (C=O) groups is 1. The average molecular weight is 240 g/mol. The predicted molar refractivity (Wildman–Crippen MR) is 71.9 cm³/mol. The standard InChI is InChI=1S/C14H28N2O/c1-4-11(2)16-14(17)10-15-12(3)13-8-6-5-7-9-13/h11-13,15H,4-10H2,1-3H3,(H,16,17). The molecule has 2 unspecified atom stereocenters. The molecule has 3 nitrogen and oxygen atoms in total. The quantitative estimate of drug-likeness (QED) is 0.749. The molecule has 100 valence electrons. The molecule has 0 saturated heterocycles. The van der Waals surface area contributed by atoms with Gasteiger partial charge in [-0.15, -0.1) is 0 Å². The van der Waals surface area contributed by atoms with E-state index in [1.165, 1.54) is 32.1 Å². The Balaban J connectivity index is 2.17. The Bertz CT molecular complexity index is 224. The molecule has 0 aliphatic heterocycles. The molecule has 0 radical (unpaired) electrons. The van der Waals surface area contributed by atoms with Crippen LogP contribution >= 0.6 is 0 Å². The third kappa shape index (κ3) is 5.53. The van der Waals surface area contributed by atoms with E-state index in [9.17, 15) is 4.79 Å². The van der Waals surface area contributed by atoms with E-state index in [-0.39, 0.29) is 11.9 Å². The summed E-state index contributed by atoms with van der Waals surface area (Å²) < 4.78 is 0. The molecule has 1 rings (SSSR count). The zero-order chi connectivity index (χ0) is 12.7. The van der Waals surface area contributed by atoms with Crippen LogP contribution in [0, 0.1) is 5.92 Å². The van der Waals surface area contributed by atoms with Crippen molar-refractivity contribution in [2.75, 3.05) is 6.54 Å². The highest BCUT2D eigenvalue weighted by Crippen LogP contribution is 2.26. The molecule has 0 spiro atoms. The molecule has 17 heavy (non-hydrogen) atoms. The van der Waals surface area contributed by atoms with Crippen molar-refractivity contribution >= 4 is 5.91 Å². The molecule has 0 aromatic rings. The second-order valence-electron chi connectivity index (χ2n) is 5.44. The molecule has 1 aliphatic carbocycles. The average Bonchev–Trinajstić information content (AvgIpc) is 2.36. The maximum atomic E-state index is 11.6. The van der Waals surface area contributed by atoms with E-state index in [1.807, 2.05) is 6.92 Å². The summed E-state index contributed by atoms with van der Waals surface area (Å²) >= 11 is 0. The summed E-state index contributed by atoms with van der Waals surface area (Å²) in [6.45, 7) is 6.81. The van der Waals surface area contributed by atoms with Crippen LogP contribution in [0.3, 0.4) is 0 Å². The highest BCUT2D eigenvalue weighted by Gasteiger charge is 2.20. The number of nitrogens with one attached hydrogen (secondary N) is 2. The van der Waals surface area contributed by atoms with Crippen LogP contribution in [0.15, 0.2) is 0 Å². The van der Waals surface area contributed by atoms with E-state index in [2.05, 4.69) is 24.5 Å². The number of rotatable bonds is 6. The minimum Gasteiger partial charge on any atom is -0.353 e. The Morgan fingerprint density at radius 2 is 1.88 bits per heavy atom. The second kappa shape index (κ2) is 7.70. The molecule has 0 aromatic heterocycles. The normalized spacial score (nSPS) is 20.9. The fourth-order valence-corrected chi connectivity index (χ4v) is 2.48. The molecular weight excluding hydrogens is 212 g/mol. The monoisotopic (exact) mass is 240 g/mol. The van der Waals surface area contributed by atoms with E-state index in [0.29, 0.717) is 12.6 Å². The summed E-state index contributed by atoms with van der Waals surface area (Å²) in [7, 11) is 0. The maximum Gasteiger partial charge on any atom is 0.234 e. The number of hydrogen-bond donors (Lipinski definition) is 2. The molecule has 1 aliphatic rings. The highest BCUT2D eigenvalue weighted by molar-refractivity contribution is 5.78. The van der Waals surface area contributed by atoms with Crippen LogP contribution in [0.25, 0.3) is 0 Å². The minimum atomic E-state index is 0.127. The van der Waals surface area contributed by atoms with Crippen molar-refractivity contribution in [3.63, 3.8) is 0 Å². The Kier molecular flexibility index (Phi) is 6.56. The SMILES string of the molecule is CCC(C)NC(=O)CNC(C)C1CCCCC1. The van der Waals surface area contributed by atoms with Gasteiger partial charge in [0.15, 0.2) is 0 Å². The summed E-state index contributed by atoms with van der Waals surface area (Å²) in [5.41, 5.74) is 0. The lowest BCUT2D eigenvalue weighted by molar-refractivity contribution is -0.121. The number of carbonyl (C=O) groups excluding carboxylic acids is 1. The maximum absolute atomic E-state index is 11.6. The number of amides is 1. The van der Waals surface area contributed by atoms with Crippen molar-refractivity contribution in [3.05, 3.63) is 0 Å². The summed E-state index contributed by atoms with van der Waals surface area (Å²) in [6, 6.07) is 0.757. The van der Waals surface area contributed by atoms with Gasteiger partial charge >= 0.3 is 0 Å². The first kappa shape index (κ1) is 14.5. The van der Waals surface area contributed by atoms with E-state index in [1.54, 1.807) is 0 Å². The fraction of sp³-hybridized carbons (Fsp3) is 0.929. The predicted octanol–water partition coefficient (Wildman–Crippen LogP) is 2.46. The minimum absolute atomic E-state index is 0.127. The molecule has 0 heterocycles. The third-order valence-electron chi connectivity index (χ3n) is 3.96. The van der Waals surface area contributed by atoms with Crippen molar-refractivity contribution in [1.82, 2.24) is 10.6 Å². The lowest BCUT2D eigenvalue weighted by Gasteiger charge is -2.28. The third-order valence-corrected chi connectivity index (χ3v) is 3.96. The van der Waals surface area contributed by atoms with Gasteiger partial charge in [0.05, 0.1) is 6.54 Å². The van der Waals surface area contributed by atoms with Crippen molar-refractivity contribution in [3.8, 4) is 0 Å². The van der Waals surface area contributed by atoms with Gasteiger partial charge in [-0.1, -0.05) is 26.2 Å². The highest BCUT2D eigenvalue weighted by atomic mass is 16.1. The van der Waals surface area contributed by atoms with Gasteiger partial charge in [0.2, 0.25) is 5.91 Å². The summed E-state index contributed by atoms with van der Waals surface area (Å²) in [4.78, 5) is 11.6. The van der Waals surface area contributed by atoms with Crippen LogP contribution in [0.1, 0.15) is 59.3 Å². The molecule has 2 N–H and O–H groups in total. The van der Waals surface area contributed by atoms with Crippen LogP contribution in [0.5, 0.6) is 0 Å². The first-order valence-electron chi connectivity index (χ1n) is 7.16. The Labute approximate surface area is 106 Å². The lowest BCUT2D eigenvalue weighted by Crippen LogP contribution is -2.43. The van der Waals surface area contributed by atoms with Gasteiger partial charge in [-0.25, -0.2) is 0 Å². The molecule has 1 amide bonds. The van der Waals surface area contributed by atoms with Gasteiger partial charge in [-0.05, 0) is 39.0 Å². The zero-order valence-corrected chi connectivity index (χ0v) is 11.6. The largest absolute Gasteiger partial charge is 0.353 e. The topological polar surface area (TPSA) is 41.1 Å². The van der Waals surface area contributed by atoms with Crippen molar-refractivity contribution in [2.24, 2.45) is 5.92 Å². The number of hydrogen-bond acceptors (Lipinski definition) is 2. The van der Waals surface area contributed by atoms with Crippen molar-refractivity contribution < 1.29 is 4.79 Å². The molecule has 0 aromatic carbocycles. The van der Waals surface area contributed by atoms with Gasteiger partial charge in [-0.3, -0.25) is 4.79 Å². The Morgan fingerprint density at radius 3 is 2.47 bits per heavy atom. The summed E-state index contributed by atoms with van der Waals surface area (Å²) in [6.07, 6.45) is 7.73. The summed E-state index contributed by atoms with van der Waals surface area (Å²) in [5.74, 6) is 0.891. The zero-order valence-electron chi connectivity index (χ0n) is 11.6. The van der Waals surface area contributed by atoms with Crippen molar-refractivity contribution in [2.45, 2.75) is 71.4 Å². The van der Waals surface area contributed by atoms with Crippen molar-refractivity contribution in [1.29, 1.82) is 0 Å². The van der Waals surface area contributed by atoms with E-state index >= 15 is 0 Å². The van der Waals surface area contributed by atoms with Crippen LogP contribution < -0.4 is 10.6 Å². The van der Waals surface area contributed by atoms with E-state index < -0.39 is 0 Å². The molecule has 2 atom stereocenters.